The van der Waals surface area contributed by atoms with Crippen LogP contribution in [0, 0.1) is 0 Å². The molecule has 2 aromatic carbocycles. The maximum Gasteiger partial charge on any atom is 0.214 e. The van der Waals surface area contributed by atoms with Gasteiger partial charge in [0.05, 0.1) is 6.61 Å². The van der Waals surface area contributed by atoms with Gasteiger partial charge in [0, 0.05) is 5.75 Å². The van der Waals surface area contributed by atoms with Crippen molar-refractivity contribution in [2.75, 3.05) is 12.4 Å². The molecule has 0 saturated carbocycles. The van der Waals surface area contributed by atoms with Gasteiger partial charge in [-0.2, -0.15) is 4.68 Å². The number of thioether (sulfide) groups is 1. The average Bonchev–Trinajstić information content (AvgIpc) is 3.05. The van der Waals surface area contributed by atoms with Crippen molar-refractivity contribution < 1.29 is 4.74 Å². The lowest BCUT2D eigenvalue weighted by atomic mass is 10.2. The summed E-state index contributed by atoms with van der Waals surface area (Å²) in [7, 11) is 0. The lowest BCUT2D eigenvalue weighted by Gasteiger charge is -2.10. The molecule has 1 heterocycles. The third-order valence-electron chi connectivity index (χ3n) is 3.30. The Balaban J connectivity index is 1.72. The van der Waals surface area contributed by atoms with E-state index in [1.165, 1.54) is 5.56 Å². The number of hydrogen-bond acceptors (Lipinski definition) is 5. The zero-order valence-corrected chi connectivity index (χ0v) is 13.7. The van der Waals surface area contributed by atoms with Gasteiger partial charge < -0.3 is 4.74 Å². The van der Waals surface area contributed by atoms with Gasteiger partial charge in [0.1, 0.15) is 11.4 Å². The van der Waals surface area contributed by atoms with Gasteiger partial charge in [0.15, 0.2) is 0 Å². The molecular weight excluding hydrogens is 308 g/mol. The Hall–Kier alpha value is -2.34. The predicted octanol–water partition coefficient (Wildman–Crippen LogP) is 3.40. The lowest BCUT2D eigenvalue weighted by molar-refractivity contribution is 0.337. The van der Waals surface area contributed by atoms with Crippen LogP contribution in [0.5, 0.6) is 5.75 Å². The van der Waals surface area contributed by atoms with Gasteiger partial charge in [-0.3, -0.25) is 0 Å². The lowest BCUT2D eigenvalue weighted by Crippen LogP contribution is -2.04. The Morgan fingerprint density at radius 3 is 2.65 bits per heavy atom. The number of tetrazole rings is 1. The van der Waals surface area contributed by atoms with Crippen LogP contribution in [0.2, 0.25) is 0 Å². The van der Waals surface area contributed by atoms with Crippen molar-refractivity contribution >= 4 is 11.8 Å². The van der Waals surface area contributed by atoms with Crippen LogP contribution in [-0.4, -0.2) is 32.6 Å². The largest absolute Gasteiger partial charge is 0.492 e. The van der Waals surface area contributed by atoms with Crippen molar-refractivity contribution in [3.63, 3.8) is 0 Å². The first kappa shape index (κ1) is 15.6. The molecule has 23 heavy (non-hydrogen) atoms. The highest BCUT2D eigenvalue weighted by molar-refractivity contribution is 7.99. The summed E-state index contributed by atoms with van der Waals surface area (Å²) >= 11 is 1.64. The smallest absolute Gasteiger partial charge is 0.214 e. The fraction of sp³-hybridized carbons (Fsp3) is 0.235. The zero-order valence-electron chi connectivity index (χ0n) is 12.9. The Bertz CT molecular complexity index is 745. The molecule has 0 bridgehead atoms. The highest BCUT2D eigenvalue weighted by atomic mass is 32.2. The normalized spacial score (nSPS) is 10.7. The van der Waals surface area contributed by atoms with E-state index < -0.39 is 0 Å². The second-order valence-corrected chi connectivity index (χ2v) is 5.92. The molecule has 0 aliphatic carbocycles. The average molecular weight is 326 g/mol. The Morgan fingerprint density at radius 2 is 1.83 bits per heavy atom. The summed E-state index contributed by atoms with van der Waals surface area (Å²) in [5, 5.41) is 12.8. The van der Waals surface area contributed by atoms with Crippen LogP contribution in [0.1, 0.15) is 12.5 Å². The highest BCUT2D eigenvalue weighted by Crippen LogP contribution is 2.26. The minimum Gasteiger partial charge on any atom is -0.492 e. The van der Waals surface area contributed by atoms with Crippen LogP contribution in [0.25, 0.3) is 5.69 Å². The number of aryl methyl sites for hydroxylation is 1. The van der Waals surface area contributed by atoms with Gasteiger partial charge in [-0.15, -0.1) is 5.10 Å². The molecule has 5 nitrogen and oxygen atoms in total. The van der Waals surface area contributed by atoms with E-state index in [1.54, 1.807) is 16.4 Å². The standard InChI is InChI=1S/C17H18N4OS/c1-2-22-16-11-7-6-10-15(16)21-17(18-19-20-21)23-13-12-14-8-4-3-5-9-14/h3-11H,2,12-13H2,1H3. The van der Waals surface area contributed by atoms with Crippen molar-refractivity contribution in [3.8, 4) is 11.4 Å². The molecule has 118 valence electrons. The quantitative estimate of drug-likeness (QED) is 0.623. The van der Waals surface area contributed by atoms with Gasteiger partial charge in [-0.1, -0.05) is 54.2 Å². The summed E-state index contributed by atoms with van der Waals surface area (Å²) in [6, 6.07) is 18.2. The molecule has 0 atom stereocenters. The number of benzene rings is 2. The highest BCUT2D eigenvalue weighted by Gasteiger charge is 2.13. The van der Waals surface area contributed by atoms with Crippen LogP contribution < -0.4 is 4.74 Å². The van der Waals surface area contributed by atoms with Gasteiger partial charge in [-0.25, -0.2) is 0 Å². The van der Waals surface area contributed by atoms with Gasteiger partial charge >= 0.3 is 0 Å². The molecule has 6 heteroatoms. The van der Waals surface area contributed by atoms with Crippen molar-refractivity contribution in [2.24, 2.45) is 0 Å². The topological polar surface area (TPSA) is 52.8 Å². The van der Waals surface area contributed by atoms with Crippen LogP contribution in [0.4, 0.5) is 0 Å². The number of nitrogens with zero attached hydrogens (tertiary/aromatic N) is 4. The molecule has 0 fully saturated rings. The number of rotatable bonds is 7. The molecule has 0 aliphatic heterocycles. The second-order valence-electron chi connectivity index (χ2n) is 4.86. The molecule has 0 unspecified atom stereocenters. The van der Waals surface area contributed by atoms with Crippen LogP contribution >= 0.6 is 11.8 Å². The molecule has 0 saturated heterocycles. The third-order valence-corrected chi connectivity index (χ3v) is 4.22. The van der Waals surface area contributed by atoms with Crippen molar-refractivity contribution in [2.45, 2.75) is 18.5 Å². The van der Waals surface area contributed by atoms with Crippen LogP contribution in [0.3, 0.4) is 0 Å². The van der Waals surface area contributed by atoms with E-state index in [2.05, 4.69) is 39.8 Å². The first-order valence-electron chi connectivity index (χ1n) is 7.56. The molecule has 3 rings (SSSR count). The van der Waals surface area contributed by atoms with Crippen LogP contribution in [0.15, 0.2) is 59.8 Å². The van der Waals surface area contributed by atoms with Gasteiger partial charge in [0.25, 0.3) is 0 Å². The summed E-state index contributed by atoms with van der Waals surface area (Å²) in [6.07, 6.45) is 0.978. The second kappa shape index (κ2) is 7.78. The first-order chi connectivity index (χ1) is 11.4. The van der Waals surface area contributed by atoms with Crippen LogP contribution in [-0.2, 0) is 6.42 Å². The molecule has 0 amide bonds. The van der Waals surface area contributed by atoms with Crippen molar-refractivity contribution in [1.82, 2.24) is 20.2 Å². The number of hydrogen-bond donors (Lipinski definition) is 0. The summed E-state index contributed by atoms with van der Waals surface area (Å²) in [6.45, 7) is 2.57. The Morgan fingerprint density at radius 1 is 1.04 bits per heavy atom. The molecule has 1 aromatic heterocycles. The van der Waals surface area contributed by atoms with E-state index in [0.717, 1.165) is 28.8 Å². The predicted molar refractivity (Wildman–Crippen MR) is 91.2 cm³/mol. The van der Waals surface area contributed by atoms with Gasteiger partial charge in [-0.05, 0) is 41.5 Å². The van der Waals surface area contributed by atoms with E-state index in [0.29, 0.717) is 6.61 Å². The van der Waals surface area contributed by atoms with E-state index in [1.807, 2.05) is 37.3 Å². The summed E-state index contributed by atoms with van der Waals surface area (Å²) in [4.78, 5) is 0. The number of ether oxygens (including phenoxy) is 1. The molecule has 0 spiro atoms. The van der Waals surface area contributed by atoms with E-state index in [9.17, 15) is 0 Å². The molecule has 0 radical (unpaired) electrons. The summed E-state index contributed by atoms with van der Waals surface area (Å²) < 4.78 is 7.40. The fourth-order valence-corrected chi connectivity index (χ4v) is 3.11. The van der Waals surface area contributed by atoms with Gasteiger partial charge in [0.2, 0.25) is 5.16 Å². The minimum absolute atomic E-state index is 0.607. The van der Waals surface area contributed by atoms with E-state index >= 15 is 0 Å². The Labute approximate surface area is 139 Å². The fourth-order valence-electron chi connectivity index (χ4n) is 2.23. The molecule has 0 aliphatic rings. The van der Waals surface area contributed by atoms with Crippen molar-refractivity contribution in [3.05, 3.63) is 60.2 Å². The SMILES string of the molecule is CCOc1ccccc1-n1nnnc1SCCc1ccccc1. The van der Waals surface area contributed by atoms with Crippen molar-refractivity contribution in [1.29, 1.82) is 0 Å². The first-order valence-corrected chi connectivity index (χ1v) is 8.54. The summed E-state index contributed by atoms with van der Waals surface area (Å²) in [5.41, 5.74) is 2.18. The monoisotopic (exact) mass is 326 g/mol. The number of para-hydroxylation sites is 2. The molecule has 3 aromatic rings. The van der Waals surface area contributed by atoms with E-state index in [-0.39, 0.29) is 0 Å². The maximum absolute atomic E-state index is 5.66. The third kappa shape index (κ3) is 3.90. The summed E-state index contributed by atoms with van der Waals surface area (Å²) in [5.74, 6) is 1.70. The molecular formula is C17H18N4OS. The molecule has 0 N–H and O–H groups in total. The Kier molecular flexibility index (Phi) is 5.26. The van der Waals surface area contributed by atoms with E-state index in [4.69, 9.17) is 4.74 Å². The minimum atomic E-state index is 0.607. The zero-order chi connectivity index (χ0) is 15.9. The maximum atomic E-state index is 5.66. The number of aromatic nitrogens is 4.